The fourth-order valence-electron chi connectivity index (χ4n) is 1.79. The van der Waals surface area contributed by atoms with Crippen molar-refractivity contribution in [2.75, 3.05) is 18.5 Å². The van der Waals surface area contributed by atoms with Gasteiger partial charge in [0.05, 0.1) is 11.6 Å². The molecule has 0 aliphatic rings. The summed E-state index contributed by atoms with van der Waals surface area (Å²) in [4.78, 5) is 23.3. The minimum absolute atomic E-state index is 0.0542. The lowest BCUT2D eigenvalue weighted by atomic mass is 10.1. The smallest absolute Gasteiger partial charge is 0.262 e. The maximum absolute atomic E-state index is 11.8. The molecule has 1 amide bonds. The summed E-state index contributed by atoms with van der Waals surface area (Å²) in [6, 6.07) is 11.2. The third kappa shape index (κ3) is 4.96. The lowest BCUT2D eigenvalue weighted by Crippen LogP contribution is -2.20. The summed E-state index contributed by atoms with van der Waals surface area (Å²) in [5, 5.41) is 3.47. The molecule has 23 heavy (non-hydrogen) atoms. The Morgan fingerprint density at radius 3 is 2.39 bits per heavy atom. The first-order valence-electron chi connectivity index (χ1n) is 6.70. The highest BCUT2D eigenvalue weighted by molar-refractivity contribution is 6.35. The Bertz CT molecular complexity index is 718. The molecule has 0 atom stereocenters. The van der Waals surface area contributed by atoms with E-state index in [2.05, 4.69) is 5.32 Å². The molecule has 3 N–H and O–H groups in total. The zero-order chi connectivity index (χ0) is 16.8. The molecule has 7 heteroatoms. The van der Waals surface area contributed by atoms with Gasteiger partial charge >= 0.3 is 0 Å². The molecule has 0 unspecified atom stereocenters. The van der Waals surface area contributed by atoms with Crippen molar-refractivity contribution in [1.82, 2.24) is 0 Å². The monoisotopic (exact) mass is 352 g/mol. The number of ketones is 1. The van der Waals surface area contributed by atoms with E-state index < -0.39 is 0 Å². The number of carbonyl (C=O) groups excluding carboxylic acids is 2. The largest absolute Gasteiger partial charge is 0.482 e. The van der Waals surface area contributed by atoms with Crippen LogP contribution < -0.4 is 15.8 Å². The van der Waals surface area contributed by atoms with Gasteiger partial charge in [0, 0.05) is 16.3 Å². The number of halogens is 2. The molecule has 0 radical (unpaired) electrons. The molecule has 2 aromatic carbocycles. The minimum atomic E-state index is -0.353. The molecule has 0 fully saturated rings. The van der Waals surface area contributed by atoms with Crippen molar-refractivity contribution < 1.29 is 14.3 Å². The average molecular weight is 353 g/mol. The first kappa shape index (κ1) is 17.3. The van der Waals surface area contributed by atoms with E-state index >= 15 is 0 Å². The summed E-state index contributed by atoms with van der Waals surface area (Å²) in [6.07, 6.45) is 0. The number of nitrogens with two attached hydrogens (primary N) is 1. The molecule has 0 aliphatic heterocycles. The number of rotatable bonds is 6. The average Bonchev–Trinajstić information content (AvgIpc) is 2.54. The van der Waals surface area contributed by atoms with Crippen LogP contribution >= 0.6 is 23.2 Å². The van der Waals surface area contributed by atoms with E-state index in [1.54, 1.807) is 36.4 Å². The molecule has 5 nitrogen and oxygen atoms in total. The summed E-state index contributed by atoms with van der Waals surface area (Å²) in [6.45, 7) is -0.258. The van der Waals surface area contributed by atoms with E-state index in [1.165, 1.54) is 6.07 Å². The fourth-order valence-corrected chi connectivity index (χ4v) is 2.25. The van der Waals surface area contributed by atoms with Crippen molar-refractivity contribution in [2.45, 2.75) is 0 Å². The summed E-state index contributed by atoms with van der Waals surface area (Å²) >= 11 is 11.7. The number of carbonyl (C=O) groups is 2. The summed E-state index contributed by atoms with van der Waals surface area (Å²) in [5.74, 6) is -0.146. The topological polar surface area (TPSA) is 81.4 Å². The van der Waals surface area contributed by atoms with Crippen LogP contribution in [0.1, 0.15) is 10.4 Å². The van der Waals surface area contributed by atoms with Gasteiger partial charge < -0.3 is 15.8 Å². The van der Waals surface area contributed by atoms with Crippen molar-refractivity contribution in [3.8, 4) is 5.75 Å². The second kappa shape index (κ2) is 7.97. The predicted molar refractivity (Wildman–Crippen MR) is 90.4 cm³/mol. The normalized spacial score (nSPS) is 10.2. The maximum atomic E-state index is 11.8. The van der Waals surface area contributed by atoms with Crippen LogP contribution in [0, 0.1) is 0 Å². The van der Waals surface area contributed by atoms with Gasteiger partial charge in [-0.25, -0.2) is 0 Å². The van der Waals surface area contributed by atoms with Crippen molar-refractivity contribution in [3.05, 3.63) is 58.1 Å². The van der Waals surface area contributed by atoms with Gasteiger partial charge in [0.15, 0.2) is 12.4 Å². The number of hydrogen-bond acceptors (Lipinski definition) is 4. The number of amides is 1. The molecule has 0 aliphatic carbocycles. The Morgan fingerprint density at radius 1 is 1.09 bits per heavy atom. The molecule has 2 aromatic rings. The van der Waals surface area contributed by atoms with Gasteiger partial charge in [-0.3, -0.25) is 9.59 Å². The van der Waals surface area contributed by atoms with Gasteiger partial charge in [0.1, 0.15) is 5.75 Å². The maximum Gasteiger partial charge on any atom is 0.262 e. The van der Waals surface area contributed by atoms with E-state index in [0.29, 0.717) is 27.0 Å². The number of nitrogens with one attached hydrogen (secondary N) is 1. The van der Waals surface area contributed by atoms with Crippen LogP contribution in [0.5, 0.6) is 5.75 Å². The summed E-state index contributed by atoms with van der Waals surface area (Å²) in [5.41, 5.74) is 6.33. The van der Waals surface area contributed by atoms with Gasteiger partial charge in [0.25, 0.3) is 5.91 Å². The van der Waals surface area contributed by atoms with Crippen LogP contribution in [0.4, 0.5) is 5.69 Å². The second-order valence-corrected chi connectivity index (χ2v) is 5.46. The Labute approximate surface area is 143 Å². The minimum Gasteiger partial charge on any atom is -0.482 e. The van der Waals surface area contributed by atoms with Crippen molar-refractivity contribution >= 4 is 40.6 Å². The third-order valence-electron chi connectivity index (χ3n) is 2.93. The molecule has 0 saturated carbocycles. The van der Waals surface area contributed by atoms with Crippen molar-refractivity contribution in [1.29, 1.82) is 0 Å². The van der Waals surface area contributed by atoms with Crippen LogP contribution in [-0.2, 0) is 4.79 Å². The van der Waals surface area contributed by atoms with Gasteiger partial charge in [-0.05, 0) is 42.5 Å². The Hall–Kier alpha value is -2.08. The highest BCUT2D eigenvalue weighted by Crippen LogP contribution is 2.27. The van der Waals surface area contributed by atoms with E-state index in [4.69, 9.17) is 33.7 Å². The van der Waals surface area contributed by atoms with Crippen LogP contribution in [0.15, 0.2) is 42.5 Å². The quantitative estimate of drug-likeness (QED) is 0.782. The van der Waals surface area contributed by atoms with Gasteiger partial charge in [-0.15, -0.1) is 0 Å². The lowest BCUT2D eigenvalue weighted by molar-refractivity contribution is -0.118. The van der Waals surface area contributed by atoms with Gasteiger partial charge in [0.2, 0.25) is 0 Å². The highest BCUT2D eigenvalue weighted by Gasteiger charge is 2.08. The van der Waals surface area contributed by atoms with E-state index in [-0.39, 0.29) is 24.8 Å². The predicted octanol–water partition coefficient (Wildman–Crippen LogP) is 3.15. The number of Topliss-reactive ketones (excluding diaryl/α,β-unsaturated/α-hetero) is 1. The summed E-state index contributed by atoms with van der Waals surface area (Å²) < 4.78 is 5.33. The highest BCUT2D eigenvalue weighted by atomic mass is 35.5. The molecule has 0 spiro atoms. The molecular formula is C16H14Cl2N2O3. The number of hydrogen-bond donors (Lipinski definition) is 2. The lowest BCUT2D eigenvalue weighted by Gasteiger charge is -2.09. The Morgan fingerprint density at radius 2 is 1.78 bits per heavy atom. The molecular weight excluding hydrogens is 339 g/mol. The molecule has 0 aromatic heterocycles. The summed E-state index contributed by atoms with van der Waals surface area (Å²) in [7, 11) is 0. The zero-order valence-electron chi connectivity index (χ0n) is 12.0. The first-order chi connectivity index (χ1) is 11.0. The molecule has 0 heterocycles. The molecule has 120 valence electrons. The van der Waals surface area contributed by atoms with Crippen LogP contribution in [0.2, 0.25) is 10.0 Å². The first-order valence-corrected chi connectivity index (χ1v) is 7.46. The SMILES string of the molecule is NCC(=O)c1ccc(NC(=O)COc2ccc(Cl)cc2Cl)cc1. The van der Waals surface area contributed by atoms with Crippen LogP contribution in [0.3, 0.4) is 0 Å². The third-order valence-corrected chi connectivity index (χ3v) is 3.46. The second-order valence-electron chi connectivity index (χ2n) is 4.62. The van der Waals surface area contributed by atoms with E-state index in [9.17, 15) is 9.59 Å². The van der Waals surface area contributed by atoms with Gasteiger partial charge in [-0.2, -0.15) is 0 Å². The molecule has 0 bridgehead atoms. The number of ether oxygens (including phenoxy) is 1. The van der Waals surface area contributed by atoms with Crippen molar-refractivity contribution in [2.24, 2.45) is 5.73 Å². The Balaban J connectivity index is 1.90. The van der Waals surface area contributed by atoms with E-state index in [0.717, 1.165) is 0 Å². The standard InChI is InChI=1S/C16H14Cl2N2O3/c17-11-3-6-15(13(18)7-11)23-9-16(22)20-12-4-1-10(2-5-12)14(21)8-19/h1-7H,8-9,19H2,(H,20,22). The molecule has 2 rings (SSSR count). The van der Waals surface area contributed by atoms with Crippen LogP contribution in [-0.4, -0.2) is 24.8 Å². The van der Waals surface area contributed by atoms with Gasteiger partial charge in [-0.1, -0.05) is 23.2 Å². The molecule has 0 saturated heterocycles. The zero-order valence-corrected chi connectivity index (χ0v) is 13.5. The number of anilines is 1. The van der Waals surface area contributed by atoms with Crippen LogP contribution in [0.25, 0.3) is 0 Å². The van der Waals surface area contributed by atoms with Crippen molar-refractivity contribution in [3.63, 3.8) is 0 Å². The Kier molecular flexibility index (Phi) is 5.98. The van der Waals surface area contributed by atoms with E-state index in [1.807, 2.05) is 0 Å². The number of benzene rings is 2. The fraction of sp³-hybridized carbons (Fsp3) is 0.125.